The second kappa shape index (κ2) is 6.39. The van der Waals surface area contributed by atoms with Gasteiger partial charge in [-0.2, -0.15) is 0 Å². The van der Waals surface area contributed by atoms with Crippen molar-refractivity contribution in [1.29, 1.82) is 0 Å². The van der Waals surface area contributed by atoms with Crippen LogP contribution in [0.15, 0.2) is 22.7 Å². The molecule has 15 heavy (non-hydrogen) atoms. The smallest absolute Gasteiger partial charge is 0.122 e. The van der Waals surface area contributed by atoms with Crippen LogP contribution < -0.4 is 4.74 Å². The zero-order valence-corrected chi connectivity index (χ0v) is 11.4. The van der Waals surface area contributed by atoms with Crippen molar-refractivity contribution in [2.45, 2.75) is 19.8 Å². The van der Waals surface area contributed by atoms with Crippen LogP contribution in [-0.2, 0) is 6.42 Å². The molecule has 84 valence electrons. The fourth-order valence-corrected chi connectivity index (χ4v) is 1.98. The average Bonchev–Trinajstić information content (AvgIpc) is 2.26. The Morgan fingerprint density at radius 3 is 2.80 bits per heavy atom. The first-order valence-electron chi connectivity index (χ1n) is 5.05. The molecular formula is C12H16BrClO. The number of ether oxygens (including phenoxy) is 1. The van der Waals surface area contributed by atoms with E-state index in [1.807, 2.05) is 12.1 Å². The molecule has 0 aromatic heterocycles. The van der Waals surface area contributed by atoms with Gasteiger partial charge in [-0.15, -0.1) is 11.6 Å². The molecule has 0 heterocycles. The SMILES string of the molecule is COc1ccc(Br)cc1CCC(C)CCl. The van der Waals surface area contributed by atoms with Gasteiger partial charge >= 0.3 is 0 Å². The maximum absolute atomic E-state index is 5.78. The summed E-state index contributed by atoms with van der Waals surface area (Å²) in [4.78, 5) is 0. The summed E-state index contributed by atoms with van der Waals surface area (Å²) in [6, 6.07) is 6.10. The Bertz CT molecular complexity index is 314. The summed E-state index contributed by atoms with van der Waals surface area (Å²) in [7, 11) is 1.71. The summed E-state index contributed by atoms with van der Waals surface area (Å²) >= 11 is 9.25. The monoisotopic (exact) mass is 290 g/mol. The molecule has 0 saturated carbocycles. The molecule has 1 unspecified atom stereocenters. The summed E-state index contributed by atoms with van der Waals surface area (Å²) in [6.07, 6.45) is 2.10. The van der Waals surface area contributed by atoms with Gasteiger partial charge in [-0.05, 0) is 42.5 Å². The van der Waals surface area contributed by atoms with Crippen molar-refractivity contribution in [3.8, 4) is 5.75 Å². The third kappa shape index (κ3) is 4.04. The van der Waals surface area contributed by atoms with Crippen molar-refractivity contribution in [2.75, 3.05) is 13.0 Å². The molecule has 0 N–H and O–H groups in total. The Labute approximate surface area is 105 Å². The minimum Gasteiger partial charge on any atom is -0.496 e. The predicted octanol–water partition coefficient (Wildman–Crippen LogP) is 4.27. The van der Waals surface area contributed by atoms with E-state index in [1.54, 1.807) is 7.11 Å². The molecule has 0 amide bonds. The fraction of sp³-hybridized carbons (Fsp3) is 0.500. The first-order chi connectivity index (χ1) is 7.17. The van der Waals surface area contributed by atoms with Gasteiger partial charge in [-0.1, -0.05) is 22.9 Å². The number of aryl methyl sites for hydroxylation is 1. The summed E-state index contributed by atoms with van der Waals surface area (Å²) in [6.45, 7) is 2.16. The van der Waals surface area contributed by atoms with Gasteiger partial charge in [0.15, 0.2) is 0 Å². The maximum atomic E-state index is 5.78. The van der Waals surface area contributed by atoms with E-state index in [0.717, 1.165) is 28.9 Å². The highest BCUT2D eigenvalue weighted by Crippen LogP contribution is 2.25. The number of methoxy groups -OCH3 is 1. The molecule has 0 saturated heterocycles. The van der Waals surface area contributed by atoms with Gasteiger partial charge in [0.25, 0.3) is 0 Å². The normalized spacial score (nSPS) is 12.5. The number of alkyl halides is 1. The molecule has 0 bridgehead atoms. The second-order valence-electron chi connectivity index (χ2n) is 3.75. The molecular weight excluding hydrogens is 275 g/mol. The minimum absolute atomic E-state index is 0.551. The van der Waals surface area contributed by atoms with Gasteiger partial charge in [0.05, 0.1) is 7.11 Å². The zero-order valence-electron chi connectivity index (χ0n) is 9.09. The van der Waals surface area contributed by atoms with Crippen molar-refractivity contribution in [3.05, 3.63) is 28.2 Å². The van der Waals surface area contributed by atoms with Crippen molar-refractivity contribution in [3.63, 3.8) is 0 Å². The van der Waals surface area contributed by atoms with E-state index in [9.17, 15) is 0 Å². The van der Waals surface area contributed by atoms with Crippen molar-refractivity contribution in [2.24, 2.45) is 5.92 Å². The molecule has 0 radical (unpaired) electrons. The van der Waals surface area contributed by atoms with E-state index >= 15 is 0 Å². The molecule has 1 atom stereocenters. The molecule has 1 rings (SSSR count). The molecule has 0 fully saturated rings. The highest BCUT2D eigenvalue weighted by molar-refractivity contribution is 9.10. The molecule has 0 aliphatic heterocycles. The number of rotatable bonds is 5. The van der Waals surface area contributed by atoms with E-state index in [4.69, 9.17) is 16.3 Å². The predicted molar refractivity (Wildman–Crippen MR) is 68.9 cm³/mol. The second-order valence-corrected chi connectivity index (χ2v) is 4.98. The lowest BCUT2D eigenvalue weighted by Crippen LogP contribution is -2.00. The largest absolute Gasteiger partial charge is 0.496 e. The summed E-state index contributed by atoms with van der Waals surface area (Å²) < 4.78 is 6.41. The van der Waals surface area contributed by atoms with E-state index in [0.29, 0.717) is 5.92 Å². The van der Waals surface area contributed by atoms with Crippen LogP contribution in [0.5, 0.6) is 5.75 Å². The first-order valence-corrected chi connectivity index (χ1v) is 6.38. The lowest BCUT2D eigenvalue weighted by Gasteiger charge is -2.11. The van der Waals surface area contributed by atoms with Crippen molar-refractivity contribution >= 4 is 27.5 Å². The first kappa shape index (κ1) is 12.9. The Hall–Kier alpha value is -0.210. The van der Waals surface area contributed by atoms with Gasteiger partial charge in [-0.25, -0.2) is 0 Å². The van der Waals surface area contributed by atoms with Crippen LogP contribution in [0.3, 0.4) is 0 Å². The van der Waals surface area contributed by atoms with Gasteiger partial charge in [0.2, 0.25) is 0 Å². The van der Waals surface area contributed by atoms with Gasteiger partial charge in [0.1, 0.15) is 5.75 Å². The zero-order chi connectivity index (χ0) is 11.3. The van der Waals surface area contributed by atoms with Crippen LogP contribution in [0, 0.1) is 5.92 Å². The molecule has 1 aromatic rings. The van der Waals surface area contributed by atoms with Crippen LogP contribution in [0.2, 0.25) is 0 Å². The highest BCUT2D eigenvalue weighted by atomic mass is 79.9. The topological polar surface area (TPSA) is 9.23 Å². The third-order valence-electron chi connectivity index (χ3n) is 2.41. The molecule has 1 aromatic carbocycles. The van der Waals surface area contributed by atoms with E-state index in [2.05, 4.69) is 28.9 Å². The molecule has 0 spiro atoms. The maximum Gasteiger partial charge on any atom is 0.122 e. The standard InChI is InChI=1S/C12H16BrClO/c1-9(8-14)3-4-10-7-11(13)5-6-12(10)15-2/h5-7,9H,3-4,8H2,1-2H3. The number of hydrogen-bond donors (Lipinski definition) is 0. The Morgan fingerprint density at radius 1 is 1.47 bits per heavy atom. The molecule has 1 nitrogen and oxygen atoms in total. The lowest BCUT2D eigenvalue weighted by molar-refractivity contribution is 0.407. The Kier molecular flexibility index (Phi) is 5.48. The van der Waals surface area contributed by atoms with E-state index in [1.165, 1.54) is 5.56 Å². The minimum atomic E-state index is 0.551. The summed E-state index contributed by atoms with van der Waals surface area (Å²) in [5.41, 5.74) is 1.24. The highest BCUT2D eigenvalue weighted by Gasteiger charge is 2.06. The molecule has 3 heteroatoms. The number of halogens is 2. The van der Waals surface area contributed by atoms with Crippen molar-refractivity contribution < 1.29 is 4.74 Å². The van der Waals surface area contributed by atoms with E-state index in [-0.39, 0.29) is 0 Å². The summed E-state index contributed by atoms with van der Waals surface area (Å²) in [5.74, 6) is 2.23. The van der Waals surface area contributed by atoms with Crippen LogP contribution in [0.4, 0.5) is 0 Å². The van der Waals surface area contributed by atoms with E-state index < -0.39 is 0 Å². The van der Waals surface area contributed by atoms with Crippen LogP contribution >= 0.6 is 27.5 Å². The summed E-state index contributed by atoms with van der Waals surface area (Å²) in [5, 5.41) is 0. The third-order valence-corrected chi connectivity index (χ3v) is 3.43. The Balaban J connectivity index is 2.69. The lowest BCUT2D eigenvalue weighted by atomic mass is 10.0. The average molecular weight is 292 g/mol. The van der Waals surface area contributed by atoms with Gasteiger partial charge in [0, 0.05) is 10.4 Å². The quantitative estimate of drug-likeness (QED) is 0.736. The van der Waals surface area contributed by atoms with Gasteiger partial charge < -0.3 is 4.74 Å². The number of hydrogen-bond acceptors (Lipinski definition) is 1. The molecule has 0 aliphatic carbocycles. The van der Waals surface area contributed by atoms with Crippen LogP contribution in [0.1, 0.15) is 18.9 Å². The van der Waals surface area contributed by atoms with Crippen LogP contribution in [0.25, 0.3) is 0 Å². The van der Waals surface area contributed by atoms with Gasteiger partial charge in [-0.3, -0.25) is 0 Å². The molecule has 0 aliphatic rings. The fourth-order valence-electron chi connectivity index (χ4n) is 1.42. The Morgan fingerprint density at radius 2 is 2.20 bits per heavy atom. The number of benzene rings is 1. The van der Waals surface area contributed by atoms with Crippen molar-refractivity contribution in [1.82, 2.24) is 0 Å². The van der Waals surface area contributed by atoms with Crippen LogP contribution in [-0.4, -0.2) is 13.0 Å².